The fourth-order valence-electron chi connectivity index (χ4n) is 3.75. The van der Waals surface area contributed by atoms with Crippen LogP contribution in [0.15, 0.2) is 0 Å². The summed E-state index contributed by atoms with van der Waals surface area (Å²) in [7, 11) is 0. The molecule has 0 aromatic rings. The van der Waals surface area contributed by atoms with Crippen LogP contribution in [0.4, 0.5) is 0 Å². The molecule has 3 fully saturated rings. The zero-order valence-electron chi connectivity index (χ0n) is 12.8. The second-order valence-electron chi connectivity index (χ2n) is 7.10. The number of rotatable bonds is 6. The summed E-state index contributed by atoms with van der Waals surface area (Å²) in [6.45, 7) is 8.26. The SMILES string of the molecule is CC(C#N)(CCCN1CCN2CCCC2C1)NC1CC1. The number of nitrogens with zero attached hydrogens (tertiary/aromatic N) is 3. The zero-order chi connectivity index (χ0) is 14.0. The van der Waals surface area contributed by atoms with Gasteiger partial charge in [-0.15, -0.1) is 0 Å². The van der Waals surface area contributed by atoms with Crippen LogP contribution in [-0.4, -0.2) is 60.1 Å². The minimum atomic E-state index is -0.309. The minimum absolute atomic E-state index is 0.309. The largest absolute Gasteiger partial charge is 0.301 e. The van der Waals surface area contributed by atoms with Crippen LogP contribution in [0.25, 0.3) is 0 Å². The van der Waals surface area contributed by atoms with Gasteiger partial charge < -0.3 is 4.90 Å². The van der Waals surface area contributed by atoms with E-state index in [1.165, 1.54) is 51.9 Å². The maximum atomic E-state index is 9.39. The van der Waals surface area contributed by atoms with Crippen molar-refractivity contribution in [3.8, 4) is 6.07 Å². The molecule has 4 nitrogen and oxygen atoms in total. The third-order valence-electron chi connectivity index (χ3n) is 5.17. The van der Waals surface area contributed by atoms with Gasteiger partial charge in [0.2, 0.25) is 0 Å². The number of fused-ring (bicyclic) bond motifs is 1. The Morgan fingerprint density at radius 3 is 2.85 bits per heavy atom. The van der Waals surface area contributed by atoms with E-state index in [-0.39, 0.29) is 5.54 Å². The van der Waals surface area contributed by atoms with Gasteiger partial charge in [-0.05, 0) is 58.5 Å². The highest BCUT2D eigenvalue weighted by atomic mass is 15.3. The standard InChI is InChI=1S/C16H28N4/c1-16(13-17,18-14-5-6-14)7-3-8-19-10-11-20-9-2-4-15(20)12-19/h14-15,18H,2-12H2,1H3. The highest BCUT2D eigenvalue weighted by Crippen LogP contribution is 2.25. The number of hydrogen-bond donors (Lipinski definition) is 1. The van der Waals surface area contributed by atoms with Crippen LogP contribution in [-0.2, 0) is 0 Å². The summed E-state index contributed by atoms with van der Waals surface area (Å²) in [4.78, 5) is 5.27. The molecule has 3 rings (SSSR count). The van der Waals surface area contributed by atoms with Gasteiger partial charge in [0.05, 0.1) is 6.07 Å². The molecule has 0 aromatic heterocycles. The molecule has 2 heterocycles. The Bertz CT molecular complexity index is 373. The van der Waals surface area contributed by atoms with Crippen LogP contribution in [0, 0.1) is 11.3 Å². The molecule has 2 atom stereocenters. The third-order valence-corrected chi connectivity index (χ3v) is 5.17. The fraction of sp³-hybridized carbons (Fsp3) is 0.938. The summed E-state index contributed by atoms with van der Waals surface area (Å²) in [5.41, 5.74) is -0.309. The first kappa shape index (κ1) is 14.3. The highest BCUT2D eigenvalue weighted by molar-refractivity contribution is 5.07. The Morgan fingerprint density at radius 2 is 2.10 bits per heavy atom. The van der Waals surface area contributed by atoms with Crippen LogP contribution in [0.1, 0.15) is 45.4 Å². The average molecular weight is 276 g/mol. The van der Waals surface area contributed by atoms with Crippen LogP contribution in [0.5, 0.6) is 0 Å². The van der Waals surface area contributed by atoms with Crippen molar-refractivity contribution in [1.29, 1.82) is 5.26 Å². The van der Waals surface area contributed by atoms with Gasteiger partial charge >= 0.3 is 0 Å². The molecule has 0 aromatic carbocycles. The molecule has 0 radical (unpaired) electrons. The molecule has 0 amide bonds. The van der Waals surface area contributed by atoms with Crippen molar-refractivity contribution in [2.24, 2.45) is 0 Å². The van der Waals surface area contributed by atoms with Gasteiger partial charge in [-0.25, -0.2) is 0 Å². The molecule has 1 saturated carbocycles. The highest BCUT2D eigenvalue weighted by Gasteiger charge is 2.33. The summed E-state index contributed by atoms with van der Waals surface area (Å²) >= 11 is 0. The summed E-state index contributed by atoms with van der Waals surface area (Å²) in [6.07, 6.45) is 7.38. The van der Waals surface area contributed by atoms with E-state index < -0.39 is 0 Å². The van der Waals surface area contributed by atoms with Gasteiger partial charge in [-0.1, -0.05) is 0 Å². The molecule has 0 spiro atoms. The van der Waals surface area contributed by atoms with Gasteiger partial charge in [0.15, 0.2) is 0 Å². The normalized spacial score (nSPS) is 30.7. The van der Waals surface area contributed by atoms with Gasteiger partial charge in [-0.3, -0.25) is 10.2 Å². The van der Waals surface area contributed by atoms with Crippen LogP contribution < -0.4 is 5.32 Å². The third kappa shape index (κ3) is 3.52. The van der Waals surface area contributed by atoms with Crippen molar-refractivity contribution in [2.45, 2.75) is 63.1 Å². The summed E-state index contributed by atoms with van der Waals surface area (Å²) in [6, 6.07) is 3.91. The van der Waals surface area contributed by atoms with Gasteiger partial charge in [0, 0.05) is 31.7 Å². The average Bonchev–Trinajstić information content (AvgIpc) is 3.13. The number of nitrogens with one attached hydrogen (secondary N) is 1. The Morgan fingerprint density at radius 1 is 1.25 bits per heavy atom. The lowest BCUT2D eigenvalue weighted by Gasteiger charge is -2.37. The molecule has 1 aliphatic carbocycles. The Balaban J connectivity index is 1.39. The minimum Gasteiger partial charge on any atom is -0.301 e. The first-order valence-corrected chi connectivity index (χ1v) is 8.34. The van der Waals surface area contributed by atoms with Crippen molar-refractivity contribution >= 4 is 0 Å². The van der Waals surface area contributed by atoms with Crippen molar-refractivity contribution in [3.63, 3.8) is 0 Å². The van der Waals surface area contributed by atoms with E-state index in [0.717, 1.165) is 25.4 Å². The van der Waals surface area contributed by atoms with E-state index >= 15 is 0 Å². The van der Waals surface area contributed by atoms with Gasteiger partial charge in [0.25, 0.3) is 0 Å². The fourth-order valence-corrected chi connectivity index (χ4v) is 3.75. The van der Waals surface area contributed by atoms with Crippen molar-refractivity contribution < 1.29 is 0 Å². The van der Waals surface area contributed by atoms with E-state index in [4.69, 9.17) is 0 Å². The van der Waals surface area contributed by atoms with E-state index in [2.05, 4.69) is 28.1 Å². The maximum Gasteiger partial charge on any atom is 0.104 e. The predicted molar refractivity (Wildman–Crippen MR) is 80.4 cm³/mol. The molecule has 0 bridgehead atoms. The number of nitriles is 1. The molecular weight excluding hydrogens is 248 g/mol. The monoisotopic (exact) mass is 276 g/mol. The van der Waals surface area contributed by atoms with Gasteiger partial charge in [-0.2, -0.15) is 5.26 Å². The summed E-state index contributed by atoms with van der Waals surface area (Å²) in [5.74, 6) is 0. The van der Waals surface area contributed by atoms with Crippen molar-refractivity contribution in [3.05, 3.63) is 0 Å². The zero-order valence-corrected chi connectivity index (χ0v) is 12.8. The van der Waals surface area contributed by atoms with Crippen molar-refractivity contribution in [1.82, 2.24) is 15.1 Å². The lowest BCUT2D eigenvalue weighted by molar-refractivity contribution is 0.102. The molecule has 112 valence electrons. The molecule has 2 unspecified atom stereocenters. The Hall–Kier alpha value is -0.630. The van der Waals surface area contributed by atoms with Crippen LogP contribution >= 0.6 is 0 Å². The predicted octanol–water partition coefficient (Wildman–Crippen LogP) is 1.58. The smallest absolute Gasteiger partial charge is 0.104 e. The molecular formula is C16H28N4. The quantitative estimate of drug-likeness (QED) is 0.800. The first-order chi connectivity index (χ1) is 9.68. The molecule has 1 N–H and O–H groups in total. The summed E-state index contributed by atoms with van der Waals surface area (Å²) in [5, 5.41) is 12.9. The second-order valence-corrected chi connectivity index (χ2v) is 7.10. The first-order valence-electron chi connectivity index (χ1n) is 8.34. The van der Waals surface area contributed by atoms with E-state index in [0.29, 0.717) is 6.04 Å². The van der Waals surface area contributed by atoms with E-state index in [1.54, 1.807) is 0 Å². The van der Waals surface area contributed by atoms with Gasteiger partial charge in [0.1, 0.15) is 5.54 Å². The molecule has 20 heavy (non-hydrogen) atoms. The summed E-state index contributed by atoms with van der Waals surface area (Å²) < 4.78 is 0. The molecule has 4 heteroatoms. The number of hydrogen-bond acceptors (Lipinski definition) is 4. The molecule has 2 aliphatic heterocycles. The number of piperazine rings is 1. The maximum absolute atomic E-state index is 9.39. The van der Waals surface area contributed by atoms with Crippen molar-refractivity contribution in [2.75, 3.05) is 32.7 Å². The van der Waals surface area contributed by atoms with Crippen LogP contribution in [0.3, 0.4) is 0 Å². The van der Waals surface area contributed by atoms with E-state index in [1.807, 2.05) is 0 Å². The Kier molecular flexibility index (Phi) is 4.30. The lowest BCUT2D eigenvalue weighted by Crippen LogP contribution is -2.50. The Labute approximate surface area is 123 Å². The molecule has 2 saturated heterocycles. The molecule has 3 aliphatic rings. The van der Waals surface area contributed by atoms with E-state index in [9.17, 15) is 5.26 Å². The lowest BCUT2D eigenvalue weighted by atomic mass is 9.97. The topological polar surface area (TPSA) is 42.3 Å². The second kappa shape index (κ2) is 6.01. The van der Waals surface area contributed by atoms with Crippen LogP contribution in [0.2, 0.25) is 0 Å².